The van der Waals surface area contributed by atoms with Gasteiger partial charge in [-0.05, 0) is 68.4 Å². The molecule has 0 saturated carbocycles. The molecule has 1 aliphatic heterocycles. The van der Waals surface area contributed by atoms with Crippen LogP contribution in [0.1, 0.15) is 52.9 Å². The van der Waals surface area contributed by atoms with Gasteiger partial charge < -0.3 is 15.8 Å². The largest absolute Gasteiger partial charge is 0.497 e. The smallest absolute Gasteiger partial charge is 0.251 e. The minimum absolute atomic E-state index is 0.0944. The molecule has 2 heterocycles. The van der Waals surface area contributed by atoms with E-state index in [2.05, 4.69) is 5.32 Å². The number of amides is 2. The number of primary amides is 1. The first-order chi connectivity index (χ1) is 15.8. The maximum atomic E-state index is 13.1. The highest BCUT2D eigenvalue weighted by atomic mass is 32.2. The predicted octanol–water partition coefficient (Wildman–Crippen LogP) is 3.16. The van der Waals surface area contributed by atoms with Gasteiger partial charge in [-0.15, -0.1) is 11.3 Å². The summed E-state index contributed by atoms with van der Waals surface area (Å²) in [6.45, 7) is 0.454. The number of nitrogens with one attached hydrogen (secondary N) is 1. The lowest BCUT2D eigenvalue weighted by atomic mass is 9.98. The van der Waals surface area contributed by atoms with Gasteiger partial charge in [-0.1, -0.05) is 6.42 Å². The van der Waals surface area contributed by atoms with Crippen molar-refractivity contribution >= 4 is 38.2 Å². The fourth-order valence-corrected chi connectivity index (χ4v) is 7.40. The molecule has 1 saturated heterocycles. The Bertz CT molecular complexity index is 1140. The zero-order chi connectivity index (χ0) is 23.6. The molecule has 1 aromatic heterocycles. The second kappa shape index (κ2) is 9.82. The van der Waals surface area contributed by atoms with Gasteiger partial charge in [-0.3, -0.25) is 9.59 Å². The van der Waals surface area contributed by atoms with Crippen LogP contribution in [0.5, 0.6) is 5.75 Å². The van der Waals surface area contributed by atoms with E-state index in [1.54, 1.807) is 12.1 Å². The molecule has 1 aromatic carbocycles. The molecule has 4 rings (SSSR count). The SMILES string of the molecule is COc1ccc(S(=O)(=O)N2CCCC(C(=O)Nc3sc4c(c3C(N)=O)CCCCC4)C2)cc1. The van der Waals surface area contributed by atoms with E-state index in [1.807, 2.05) is 0 Å². The first kappa shape index (κ1) is 23.7. The standard InChI is InChI=1S/C23H29N3O5S2/c1-31-16-9-11-17(12-10-16)33(29,30)26-13-5-6-15(14-26)22(28)25-23-20(21(24)27)18-7-3-2-4-8-19(18)32-23/h9-12,15H,2-8,13-14H2,1H3,(H2,24,27)(H,25,28). The number of carbonyl (C=O) groups is 2. The fourth-order valence-electron chi connectivity index (χ4n) is 4.58. The number of hydrogen-bond donors (Lipinski definition) is 2. The molecule has 3 N–H and O–H groups in total. The third kappa shape index (κ3) is 4.92. The second-order valence-electron chi connectivity index (χ2n) is 8.50. The number of aryl methyl sites for hydroxylation is 1. The van der Waals surface area contributed by atoms with E-state index in [4.69, 9.17) is 10.5 Å². The van der Waals surface area contributed by atoms with Crippen LogP contribution in [0, 0.1) is 5.92 Å². The average molecular weight is 492 g/mol. The van der Waals surface area contributed by atoms with Gasteiger partial charge >= 0.3 is 0 Å². The number of fused-ring (bicyclic) bond motifs is 1. The van der Waals surface area contributed by atoms with E-state index in [0.29, 0.717) is 35.7 Å². The molecule has 0 radical (unpaired) electrons. The van der Waals surface area contributed by atoms with Gasteiger partial charge in [-0.2, -0.15) is 4.31 Å². The Morgan fingerprint density at radius 1 is 1.12 bits per heavy atom. The number of piperidine rings is 1. The number of nitrogens with two attached hydrogens (primary N) is 1. The molecule has 2 amide bonds. The highest BCUT2D eigenvalue weighted by molar-refractivity contribution is 7.89. The van der Waals surface area contributed by atoms with E-state index in [1.165, 1.54) is 34.9 Å². The summed E-state index contributed by atoms with van der Waals surface area (Å²) in [7, 11) is -2.21. The molecular weight excluding hydrogens is 462 g/mol. The number of carbonyl (C=O) groups excluding carboxylic acids is 2. The molecule has 2 aromatic rings. The van der Waals surface area contributed by atoms with Crippen molar-refractivity contribution in [3.8, 4) is 5.75 Å². The monoisotopic (exact) mass is 491 g/mol. The maximum Gasteiger partial charge on any atom is 0.251 e. The Kier molecular flexibility index (Phi) is 7.06. The minimum Gasteiger partial charge on any atom is -0.497 e. The number of nitrogens with zero attached hydrogens (tertiary/aromatic N) is 1. The van der Waals surface area contributed by atoms with Crippen LogP contribution < -0.4 is 15.8 Å². The second-order valence-corrected chi connectivity index (χ2v) is 11.5. The van der Waals surface area contributed by atoms with E-state index in [9.17, 15) is 18.0 Å². The van der Waals surface area contributed by atoms with Crippen LogP contribution in [-0.4, -0.2) is 44.7 Å². The normalized spacial score (nSPS) is 19.4. The molecule has 1 atom stereocenters. The summed E-state index contributed by atoms with van der Waals surface area (Å²) < 4.78 is 32.7. The Balaban J connectivity index is 1.51. The van der Waals surface area contributed by atoms with Crippen molar-refractivity contribution in [1.82, 2.24) is 4.31 Å². The van der Waals surface area contributed by atoms with Crippen LogP contribution in [0.3, 0.4) is 0 Å². The Labute approximate surface area is 198 Å². The van der Waals surface area contributed by atoms with Crippen LogP contribution in [0.4, 0.5) is 5.00 Å². The zero-order valence-electron chi connectivity index (χ0n) is 18.6. The summed E-state index contributed by atoms with van der Waals surface area (Å²) in [5.41, 5.74) is 7.06. The van der Waals surface area contributed by atoms with Gasteiger partial charge in [0.25, 0.3) is 5.91 Å². The van der Waals surface area contributed by atoms with Gasteiger partial charge in [0, 0.05) is 18.0 Å². The predicted molar refractivity (Wildman–Crippen MR) is 127 cm³/mol. The number of hydrogen-bond acceptors (Lipinski definition) is 6. The van der Waals surface area contributed by atoms with Crippen molar-refractivity contribution < 1.29 is 22.7 Å². The highest BCUT2D eigenvalue weighted by Crippen LogP contribution is 2.38. The first-order valence-corrected chi connectivity index (χ1v) is 13.5. The lowest BCUT2D eigenvalue weighted by Crippen LogP contribution is -2.43. The summed E-state index contributed by atoms with van der Waals surface area (Å²) in [5, 5.41) is 3.40. The molecule has 178 valence electrons. The average Bonchev–Trinajstić information content (AvgIpc) is 2.99. The van der Waals surface area contributed by atoms with Crippen molar-refractivity contribution in [3.05, 3.63) is 40.3 Å². The molecule has 1 aliphatic carbocycles. The van der Waals surface area contributed by atoms with E-state index in [0.717, 1.165) is 42.5 Å². The van der Waals surface area contributed by atoms with Gasteiger partial charge in [0.1, 0.15) is 10.8 Å². The maximum absolute atomic E-state index is 13.1. The number of methoxy groups -OCH3 is 1. The van der Waals surface area contributed by atoms with Crippen molar-refractivity contribution in [2.24, 2.45) is 11.7 Å². The Hall–Kier alpha value is -2.43. The molecule has 0 bridgehead atoms. The topological polar surface area (TPSA) is 119 Å². The van der Waals surface area contributed by atoms with Crippen LogP contribution >= 0.6 is 11.3 Å². The van der Waals surface area contributed by atoms with Crippen LogP contribution in [0.2, 0.25) is 0 Å². The van der Waals surface area contributed by atoms with Gasteiger partial charge in [0.2, 0.25) is 15.9 Å². The highest BCUT2D eigenvalue weighted by Gasteiger charge is 2.34. The summed E-state index contributed by atoms with van der Waals surface area (Å²) in [4.78, 5) is 26.6. The number of thiophene rings is 1. The van der Waals surface area contributed by atoms with Gasteiger partial charge in [0.05, 0.1) is 23.5 Å². The molecule has 2 aliphatic rings. The van der Waals surface area contributed by atoms with Crippen LogP contribution in [0.25, 0.3) is 0 Å². The zero-order valence-corrected chi connectivity index (χ0v) is 20.3. The first-order valence-electron chi connectivity index (χ1n) is 11.2. The van der Waals surface area contributed by atoms with Gasteiger partial charge in [-0.25, -0.2) is 8.42 Å². The van der Waals surface area contributed by atoms with Crippen LogP contribution in [0.15, 0.2) is 29.2 Å². The molecule has 8 nitrogen and oxygen atoms in total. The van der Waals surface area contributed by atoms with Crippen molar-refractivity contribution in [2.45, 2.75) is 49.8 Å². The quantitative estimate of drug-likeness (QED) is 0.602. The fraction of sp³-hybridized carbons (Fsp3) is 0.478. The molecule has 1 unspecified atom stereocenters. The minimum atomic E-state index is -3.73. The van der Waals surface area contributed by atoms with E-state index < -0.39 is 21.8 Å². The number of sulfonamides is 1. The molecule has 10 heteroatoms. The Morgan fingerprint density at radius 2 is 1.85 bits per heavy atom. The van der Waals surface area contributed by atoms with E-state index >= 15 is 0 Å². The lowest BCUT2D eigenvalue weighted by Gasteiger charge is -2.31. The summed E-state index contributed by atoms with van der Waals surface area (Å²) in [6, 6.07) is 6.23. The number of ether oxygens (including phenoxy) is 1. The van der Waals surface area contributed by atoms with Gasteiger partial charge in [0.15, 0.2) is 0 Å². The summed E-state index contributed by atoms with van der Waals surface area (Å²) in [6.07, 6.45) is 6.00. The number of anilines is 1. The van der Waals surface area contributed by atoms with Crippen molar-refractivity contribution in [1.29, 1.82) is 0 Å². The molecule has 33 heavy (non-hydrogen) atoms. The Morgan fingerprint density at radius 3 is 2.55 bits per heavy atom. The van der Waals surface area contributed by atoms with Crippen molar-refractivity contribution in [2.75, 3.05) is 25.5 Å². The molecule has 1 fully saturated rings. The number of benzene rings is 1. The molecule has 0 spiro atoms. The molecular formula is C23H29N3O5S2. The third-order valence-corrected chi connectivity index (χ3v) is 9.44. The number of rotatable bonds is 6. The van der Waals surface area contributed by atoms with Crippen molar-refractivity contribution in [3.63, 3.8) is 0 Å². The van der Waals surface area contributed by atoms with Crippen LogP contribution in [-0.2, 0) is 27.7 Å². The third-order valence-electron chi connectivity index (χ3n) is 6.36. The summed E-state index contributed by atoms with van der Waals surface area (Å²) in [5.74, 6) is -0.737. The summed E-state index contributed by atoms with van der Waals surface area (Å²) >= 11 is 1.43. The van der Waals surface area contributed by atoms with E-state index in [-0.39, 0.29) is 17.3 Å². The lowest BCUT2D eigenvalue weighted by molar-refractivity contribution is -0.120.